The number of carbonyl (C=O) groups excluding carboxylic acids is 2. The summed E-state index contributed by atoms with van der Waals surface area (Å²) in [5, 5.41) is 0. The third-order valence-corrected chi connectivity index (χ3v) is 4.06. The van der Waals surface area contributed by atoms with Gasteiger partial charge in [0.05, 0.1) is 17.8 Å². The average Bonchev–Trinajstić information content (AvgIpc) is 3.23. The summed E-state index contributed by atoms with van der Waals surface area (Å²) in [4.78, 5) is 29.2. The van der Waals surface area contributed by atoms with Crippen LogP contribution in [0.1, 0.15) is 46.8 Å². The molecule has 0 saturated carbocycles. The molecule has 2 N–H and O–H groups in total. The van der Waals surface area contributed by atoms with E-state index in [1.54, 1.807) is 24.4 Å². The van der Waals surface area contributed by atoms with Gasteiger partial charge in [0.2, 0.25) is 0 Å². The van der Waals surface area contributed by atoms with Gasteiger partial charge in [-0.05, 0) is 37.1 Å². The topological polar surface area (TPSA) is 69.0 Å². The monoisotopic (exact) mass is 325 g/mol. The van der Waals surface area contributed by atoms with Crippen molar-refractivity contribution >= 4 is 12.2 Å². The number of likely N-dealkylation sites (tertiary alicyclic amines) is 1. The van der Waals surface area contributed by atoms with Gasteiger partial charge in [0, 0.05) is 17.6 Å². The Morgan fingerprint density at radius 2 is 1.87 bits per heavy atom. The number of aromatic amines is 2. The smallest absolute Gasteiger partial charge is 0.363 e. The van der Waals surface area contributed by atoms with Crippen LogP contribution in [0.3, 0.4) is 0 Å². The zero-order valence-electron chi connectivity index (χ0n) is 11.9. The summed E-state index contributed by atoms with van der Waals surface area (Å²) >= 11 is 0. The minimum atomic E-state index is -4.95. The molecule has 8 heteroatoms. The zero-order valence-corrected chi connectivity index (χ0v) is 11.9. The second-order valence-corrected chi connectivity index (χ2v) is 5.43. The summed E-state index contributed by atoms with van der Waals surface area (Å²) in [6, 6.07) is 4.95. The third kappa shape index (κ3) is 2.76. The minimum Gasteiger partial charge on any atom is -0.363 e. The molecule has 1 fully saturated rings. The molecule has 5 nitrogen and oxygen atoms in total. The highest BCUT2D eigenvalue weighted by Gasteiger charge is 2.50. The fourth-order valence-electron chi connectivity index (χ4n) is 3.10. The summed E-state index contributed by atoms with van der Waals surface area (Å²) in [7, 11) is 0. The largest absolute Gasteiger partial charge is 0.471 e. The predicted octanol–water partition coefficient (Wildman–Crippen LogP) is 3.12. The van der Waals surface area contributed by atoms with Gasteiger partial charge in [-0.3, -0.25) is 9.59 Å². The lowest BCUT2D eigenvalue weighted by atomic mass is 10.1. The highest BCUT2D eigenvalue weighted by molar-refractivity contribution is 5.83. The maximum atomic E-state index is 13.0. The number of aldehydes is 1. The van der Waals surface area contributed by atoms with Crippen LogP contribution >= 0.6 is 0 Å². The van der Waals surface area contributed by atoms with E-state index in [2.05, 4.69) is 9.97 Å². The number of nitrogens with one attached hydrogen (secondary N) is 2. The first-order valence-electron chi connectivity index (χ1n) is 7.08. The maximum Gasteiger partial charge on any atom is 0.471 e. The zero-order chi connectivity index (χ0) is 16.6. The number of alkyl halides is 3. The molecule has 122 valence electrons. The second kappa shape index (κ2) is 5.60. The lowest BCUT2D eigenvalue weighted by Gasteiger charge is -2.30. The van der Waals surface area contributed by atoms with Crippen molar-refractivity contribution in [2.24, 2.45) is 0 Å². The Bertz CT molecular complexity index is 706. The van der Waals surface area contributed by atoms with E-state index in [0.717, 1.165) is 4.90 Å². The highest BCUT2D eigenvalue weighted by atomic mass is 19.4. The second-order valence-electron chi connectivity index (χ2n) is 5.43. The van der Waals surface area contributed by atoms with Crippen molar-refractivity contribution in [3.05, 3.63) is 47.5 Å². The molecule has 0 bridgehead atoms. The number of carbonyl (C=O) groups is 2. The molecule has 2 aromatic heterocycles. The maximum absolute atomic E-state index is 13.0. The normalized spacial score (nSPS) is 21.6. The first kappa shape index (κ1) is 15.4. The molecule has 0 radical (unpaired) electrons. The van der Waals surface area contributed by atoms with Crippen LogP contribution in [0.5, 0.6) is 0 Å². The van der Waals surface area contributed by atoms with Gasteiger partial charge in [0.25, 0.3) is 0 Å². The van der Waals surface area contributed by atoms with E-state index in [0.29, 0.717) is 30.5 Å². The van der Waals surface area contributed by atoms with Crippen LogP contribution in [0, 0.1) is 0 Å². The Labute approximate surface area is 129 Å². The Hall–Kier alpha value is -2.51. The molecule has 0 aromatic carbocycles. The Kier molecular flexibility index (Phi) is 3.75. The van der Waals surface area contributed by atoms with Crippen molar-refractivity contribution < 1.29 is 22.8 Å². The van der Waals surface area contributed by atoms with Crippen molar-refractivity contribution in [3.63, 3.8) is 0 Å². The van der Waals surface area contributed by atoms with E-state index < -0.39 is 24.2 Å². The molecule has 0 spiro atoms. The molecule has 3 rings (SSSR count). The predicted molar refractivity (Wildman–Crippen MR) is 74.6 cm³/mol. The summed E-state index contributed by atoms with van der Waals surface area (Å²) in [6.45, 7) is 0. The van der Waals surface area contributed by atoms with E-state index in [9.17, 15) is 22.8 Å². The van der Waals surface area contributed by atoms with E-state index >= 15 is 0 Å². The lowest BCUT2D eigenvalue weighted by Crippen LogP contribution is -2.42. The van der Waals surface area contributed by atoms with Gasteiger partial charge < -0.3 is 14.9 Å². The number of amides is 1. The van der Waals surface area contributed by atoms with Crippen molar-refractivity contribution in [3.8, 4) is 0 Å². The van der Waals surface area contributed by atoms with E-state index in [4.69, 9.17) is 0 Å². The van der Waals surface area contributed by atoms with Crippen LogP contribution in [0.25, 0.3) is 0 Å². The van der Waals surface area contributed by atoms with Crippen LogP contribution in [0.15, 0.2) is 30.5 Å². The van der Waals surface area contributed by atoms with Gasteiger partial charge in [0.1, 0.15) is 0 Å². The summed E-state index contributed by atoms with van der Waals surface area (Å²) in [6.07, 6.45) is -1.98. The van der Waals surface area contributed by atoms with E-state index in [-0.39, 0.29) is 5.69 Å². The standard InChI is InChI=1S/C15H14F3N3O2/c16-15(17,18)14(23)21-12(10-2-1-7-19-10)5-6-13(21)11-4-3-9(8-22)20-11/h1-4,7-8,12-13,19-20H,5-6H2/t12-,13+/m1/s1. The van der Waals surface area contributed by atoms with Gasteiger partial charge in [-0.1, -0.05) is 0 Å². The SMILES string of the molecule is O=Cc1ccc([C@@H]2CC[C@H](c3ccc[nH]3)N2C(=O)C(F)(F)F)[nH]1. The van der Waals surface area contributed by atoms with Crippen LogP contribution in [-0.2, 0) is 4.79 Å². The Morgan fingerprint density at radius 1 is 1.17 bits per heavy atom. The molecule has 1 aliphatic rings. The molecule has 0 aliphatic carbocycles. The van der Waals surface area contributed by atoms with Crippen molar-refractivity contribution in [1.29, 1.82) is 0 Å². The fraction of sp³-hybridized carbons (Fsp3) is 0.333. The molecule has 0 unspecified atom stereocenters. The van der Waals surface area contributed by atoms with Crippen LogP contribution in [0.2, 0.25) is 0 Å². The molecule has 1 aliphatic heterocycles. The molecule has 1 amide bonds. The summed E-state index contributed by atoms with van der Waals surface area (Å²) < 4.78 is 39.0. The molecule has 2 atom stereocenters. The Morgan fingerprint density at radius 3 is 2.39 bits per heavy atom. The van der Waals surface area contributed by atoms with E-state index in [1.165, 1.54) is 6.07 Å². The molecule has 1 saturated heterocycles. The van der Waals surface area contributed by atoms with E-state index in [1.807, 2.05) is 0 Å². The Balaban J connectivity index is 1.98. The molecular formula is C15H14F3N3O2. The number of nitrogens with zero attached hydrogens (tertiary/aromatic N) is 1. The van der Waals surface area contributed by atoms with Gasteiger partial charge in [-0.2, -0.15) is 13.2 Å². The fourth-order valence-corrected chi connectivity index (χ4v) is 3.10. The molecular weight excluding hydrogens is 311 g/mol. The molecule has 23 heavy (non-hydrogen) atoms. The molecule has 3 heterocycles. The number of H-pyrrole nitrogens is 2. The molecule has 2 aromatic rings. The number of halogens is 3. The van der Waals surface area contributed by atoms with Gasteiger partial charge in [0.15, 0.2) is 6.29 Å². The third-order valence-electron chi connectivity index (χ3n) is 4.06. The first-order valence-corrected chi connectivity index (χ1v) is 7.08. The number of hydrogen-bond donors (Lipinski definition) is 2. The van der Waals surface area contributed by atoms with Crippen LogP contribution in [0.4, 0.5) is 13.2 Å². The lowest BCUT2D eigenvalue weighted by molar-refractivity contribution is -0.189. The number of hydrogen-bond acceptors (Lipinski definition) is 2. The van der Waals surface area contributed by atoms with Gasteiger partial charge >= 0.3 is 12.1 Å². The van der Waals surface area contributed by atoms with Crippen molar-refractivity contribution in [2.45, 2.75) is 31.1 Å². The van der Waals surface area contributed by atoms with Crippen LogP contribution < -0.4 is 0 Å². The van der Waals surface area contributed by atoms with Crippen LogP contribution in [-0.4, -0.2) is 33.2 Å². The summed E-state index contributed by atoms with van der Waals surface area (Å²) in [5.74, 6) is -1.87. The minimum absolute atomic E-state index is 0.266. The first-order chi connectivity index (χ1) is 10.9. The number of rotatable bonds is 3. The average molecular weight is 325 g/mol. The van der Waals surface area contributed by atoms with Gasteiger partial charge in [-0.25, -0.2) is 0 Å². The van der Waals surface area contributed by atoms with Crippen molar-refractivity contribution in [2.75, 3.05) is 0 Å². The van der Waals surface area contributed by atoms with Gasteiger partial charge in [-0.15, -0.1) is 0 Å². The number of aromatic nitrogens is 2. The van der Waals surface area contributed by atoms with Crippen molar-refractivity contribution in [1.82, 2.24) is 14.9 Å². The quantitative estimate of drug-likeness (QED) is 0.851. The summed E-state index contributed by atoms with van der Waals surface area (Å²) in [5.41, 5.74) is 1.26. The highest BCUT2D eigenvalue weighted by Crippen LogP contribution is 2.45.